The zero-order valence-electron chi connectivity index (χ0n) is 17.6. The fourth-order valence-corrected chi connectivity index (χ4v) is 4.26. The minimum absolute atomic E-state index is 0.0103. The number of benzene rings is 1. The maximum atomic E-state index is 12.6. The second-order valence-electron chi connectivity index (χ2n) is 7.29. The topological polar surface area (TPSA) is 53.5 Å². The van der Waals surface area contributed by atoms with E-state index in [1.807, 2.05) is 25.1 Å². The first-order valence-corrected chi connectivity index (χ1v) is 11.6. The SMILES string of the molecule is CCCCCCNC(CC)CCNC(=O)C1=C(C)N=C(c2ccccc2)CS1. The van der Waals surface area contributed by atoms with Crippen molar-refractivity contribution >= 4 is 23.4 Å². The van der Waals surface area contributed by atoms with E-state index in [4.69, 9.17) is 0 Å². The van der Waals surface area contributed by atoms with Crippen molar-refractivity contribution in [3.05, 3.63) is 46.5 Å². The molecule has 0 radical (unpaired) electrons. The van der Waals surface area contributed by atoms with Gasteiger partial charge in [0.15, 0.2) is 0 Å². The van der Waals surface area contributed by atoms with E-state index >= 15 is 0 Å². The Balaban J connectivity index is 1.78. The van der Waals surface area contributed by atoms with Crippen LogP contribution < -0.4 is 10.6 Å². The molecule has 0 bridgehead atoms. The summed E-state index contributed by atoms with van der Waals surface area (Å²) >= 11 is 1.59. The van der Waals surface area contributed by atoms with Crippen molar-refractivity contribution in [2.45, 2.75) is 65.3 Å². The zero-order valence-corrected chi connectivity index (χ0v) is 18.4. The van der Waals surface area contributed by atoms with Gasteiger partial charge in [-0.1, -0.05) is 63.4 Å². The average Bonchev–Trinajstić information content (AvgIpc) is 2.72. The van der Waals surface area contributed by atoms with Crippen molar-refractivity contribution in [1.82, 2.24) is 10.6 Å². The quantitative estimate of drug-likeness (QED) is 0.489. The first-order chi connectivity index (χ1) is 13.7. The normalized spacial score (nSPS) is 15.3. The summed E-state index contributed by atoms with van der Waals surface area (Å²) < 4.78 is 0. The van der Waals surface area contributed by atoms with Crippen molar-refractivity contribution in [3.63, 3.8) is 0 Å². The summed E-state index contributed by atoms with van der Waals surface area (Å²) in [5.74, 6) is 0.747. The number of rotatable bonds is 12. The van der Waals surface area contributed by atoms with Crippen LogP contribution in [0.2, 0.25) is 0 Å². The summed E-state index contributed by atoms with van der Waals surface area (Å²) in [5, 5.41) is 6.71. The van der Waals surface area contributed by atoms with Gasteiger partial charge in [0.25, 0.3) is 5.91 Å². The molecule has 28 heavy (non-hydrogen) atoms. The van der Waals surface area contributed by atoms with Crippen molar-refractivity contribution in [3.8, 4) is 0 Å². The summed E-state index contributed by atoms with van der Waals surface area (Å²) in [7, 11) is 0. The maximum absolute atomic E-state index is 12.6. The van der Waals surface area contributed by atoms with Gasteiger partial charge in [0.05, 0.1) is 16.3 Å². The molecule has 4 nitrogen and oxygen atoms in total. The Kier molecular flexibility index (Phi) is 10.4. The van der Waals surface area contributed by atoms with Gasteiger partial charge in [-0.05, 0) is 38.3 Å². The van der Waals surface area contributed by atoms with E-state index in [1.54, 1.807) is 11.8 Å². The van der Waals surface area contributed by atoms with Crippen LogP contribution in [0, 0.1) is 0 Å². The number of nitrogens with one attached hydrogen (secondary N) is 2. The molecule has 1 aromatic rings. The molecule has 0 aliphatic carbocycles. The number of aliphatic imine (C=N–C) groups is 1. The van der Waals surface area contributed by atoms with E-state index in [1.165, 1.54) is 25.7 Å². The summed E-state index contributed by atoms with van der Waals surface area (Å²) in [4.78, 5) is 18.0. The predicted octanol–water partition coefficient (Wildman–Crippen LogP) is 4.91. The van der Waals surface area contributed by atoms with Gasteiger partial charge in [-0.15, -0.1) is 11.8 Å². The number of hydrogen-bond acceptors (Lipinski definition) is 4. The molecule has 1 aliphatic rings. The van der Waals surface area contributed by atoms with E-state index in [-0.39, 0.29) is 5.91 Å². The average molecular weight is 402 g/mol. The van der Waals surface area contributed by atoms with E-state index in [0.717, 1.165) is 47.0 Å². The van der Waals surface area contributed by atoms with Crippen LogP contribution in [0.5, 0.6) is 0 Å². The van der Waals surface area contributed by atoms with Crippen LogP contribution >= 0.6 is 11.8 Å². The molecule has 0 fully saturated rings. The highest BCUT2D eigenvalue weighted by Gasteiger charge is 2.20. The second kappa shape index (κ2) is 12.8. The highest BCUT2D eigenvalue weighted by molar-refractivity contribution is 8.04. The van der Waals surface area contributed by atoms with Gasteiger partial charge < -0.3 is 10.6 Å². The summed E-state index contributed by atoms with van der Waals surface area (Å²) in [5.41, 5.74) is 2.98. The highest BCUT2D eigenvalue weighted by atomic mass is 32.2. The molecule has 0 spiro atoms. The Morgan fingerprint density at radius 3 is 2.61 bits per heavy atom. The lowest BCUT2D eigenvalue weighted by atomic mass is 10.1. The van der Waals surface area contributed by atoms with E-state index < -0.39 is 0 Å². The molecule has 2 rings (SSSR count). The predicted molar refractivity (Wildman–Crippen MR) is 122 cm³/mol. The Hall–Kier alpha value is -1.59. The Morgan fingerprint density at radius 2 is 1.93 bits per heavy atom. The molecule has 1 aliphatic heterocycles. The number of nitrogens with zero attached hydrogens (tertiary/aromatic N) is 1. The highest BCUT2D eigenvalue weighted by Crippen LogP contribution is 2.27. The molecule has 154 valence electrons. The lowest BCUT2D eigenvalue weighted by Gasteiger charge is -2.19. The third-order valence-corrected chi connectivity index (χ3v) is 6.22. The second-order valence-corrected chi connectivity index (χ2v) is 8.28. The summed E-state index contributed by atoms with van der Waals surface area (Å²) in [6.07, 6.45) is 7.17. The molecule has 0 saturated heterocycles. The van der Waals surface area contributed by atoms with Crippen LogP contribution in [0.25, 0.3) is 0 Å². The van der Waals surface area contributed by atoms with E-state index in [0.29, 0.717) is 12.6 Å². The van der Waals surface area contributed by atoms with Crippen LogP contribution in [0.15, 0.2) is 45.9 Å². The fraction of sp³-hybridized carbons (Fsp3) is 0.565. The molecular formula is C23H35N3OS. The monoisotopic (exact) mass is 401 g/mol. The first-order valence-electron chi connectivity index (χ1n) is 10.6. The van der Waals surface area contributed by atoms with Crippen molar-refractivity contribution < 1.29 is 4.79 Å². The third kappa shape index (κ3) is 7.44. The Morgan fingerprint density at radius 1 is 1.14 bits per heavy atom. The van der Waals surface area contributed by atoms with Crippen LogP contribution in [-0.2, 0) is 4.79 Å². The number of amides is 1. The van der Waals surface area contributed by atoms with Crippen LogP contribution in [0.4, 0.5) is 0 Å². The number of thioether (sulfide) groups is 1. The minimum atomic E-state index is 0.0103. The number of unbranched alkanes of at least 4 members (excludes halogenated alkanes) is 3. The van der Waals surface area contributed by atoms with Crippen molar-refractivity contribution in [2.24, 2.45) is 4.99 Å². The van der Waals surface area contributed by atoms with Gasteiger partial charge in [-0.3, -0.25) is 9.79 Å². The van der Waals surface area contributed by atoms with Crippen LogP contribution in [0.1, 0.15) is 64.9 Å². The third-order valence-electron chi connectivity index (χ3n) is 5.03. The molecule has 1 atom stereocenters. The lowest BCUT2D eigenvalue weighted by Crippen LogP contribution is -2.35. The molecule has 1 heterocycles. The molecule has 1 aromatic carbocycles. The van der Waals surface area contributed by atoms with E-state index in [2.05, 4.69) is 41.6 Å². The molecule has 1 unspecified atom stereocenters. The smallest absolute Gasteiger partial charge is 0.259 e. The van der Waals surface area contributed by atoms with Gasteiger partial charge in [0.1, 0.15) is 0 Å². The molecule has 0 saturated carbocycles. The largest absolute Gasteiger partial charge is 0.351 e. The number of carbonyl (C=O) groups excluding carboxylic acids is 1. The molecule has 5 heteroatoms. The van der Waals surface area contributed by atoms with Gasteiger partial charge in [-0.25, -0.2) is 0 Å². The lowest BCUT2D eigenvalue weighted by molar-refractivity contribution is -0.116. The zero-order chi connectivity index (χ0) is 20.2. The molecule has 2 N–H and O–H groups in total. The summed E-state index contributed by atoms with van der Waals surface area (Å²) in [6, 6.07) is 10.7. The van der Waals surface area contributed by atoms with Crippen LogP contribution in [0.3, 0.4) is 0 Å². The summed E-state index contributed by atoms with van der Waals surface area (Å²) in [6.45, 7) is 8.14. The van der Waals surface area contributed by atoms with Gasteiger partial charge in [-0.2, -0.15) is 0 Å². The fourth-order valence-electron chi connectivity index (χ4n) is 3.29. The number of hydrogen-bond donors (Lipinski definition) is 2. The number of allylic oxidation sites excluding steroid dienone is 1. The number of carbonyl (C=O) groups is 1. The van der Waals surface area contributed by atoms with E-state index in [9.17, 15) is 4.79 Å². The maximum Gasteiger partial charge on any atom is 0.259 e. The standard InChI is InChI=1S/C23H35N3OS/c1-4-6-7-11-15-24-20(5-2)14-16-25-23(27)22-18(3)26-21(17-28-22)19-12-9-8-10-13-19/h8-10,12-13,20,24H,4-7,11,14-17H2,1-3H3,(H,25,27). The Labute approximate surface area is 174 Å². The minimum Gasteiger partial charge on any atom is -0.351 e. The van der Waals surface area contributed by atoms with Gasteiger partial charge >= 0.3 is 0 Å². The first kappa shape index (κ1) is 22.7. The van der Waals surface area contributed by atoms with Crippen molar-refractivity contribution in [2.75, 3.05) is 18.8 Å². The van der Waals surface area contributed by atoms with Crippen molar-refractivity contribution in [1.29, 1.82) is 0 Å². The van der Waals surface area contributed by atoms with Gasteiger partial charge in [0.2, 0.25) is 0 Å². The van der Waals surface area contributed by atoms with Gasteiger partial charge in [0, 0.05) is 18.3 Å². The molecule has 0 aromatic heterocycles. The van der Waals surface area contributed by atoms with Crippen LogP contribution in [-0.4, -0.2) is 36.5 Å². The molecular weight excluding hydrogens is 366 g/mol. The Bertz CT molecular complexity index is 670. The molecule has 1 amide bonds.